The Morgan fingerprint density at radius 3 is 2.94 bits per heavy atom. The van der Waals surface area contributed by atoms with Crippen molar-refractivity contribution in [2.45, 2.75) is 6.92 Å². The number of carbonyl (C=O) groups excluding carboxylic acids is 1. The number of hydrogen-bond acceptors (Lipinski definition) is 4. The highest BCUT2D eigenvalue weighted by atomic mass is 35.5. The first kappa shape index (κ1) is 12.3. The Morgan fingerprint density at radius 2 is 2.31 bits per heavy atom. The summed E-state index contributed by atoms with van der Waals surface area (Å²) in [6.45, 7) is 1.77. The van der Waals surface area contributed by atoms with Crippen molar-refractivity contribution >= 4 is 17.6 Å². The van der Waals surface area contributed by atoms with Crippen molar-refractivity contribution in [2.24, 2.45) is 0 Å². The molecule has 0 saturated carbocycles. The second kappa shape index (κ2) is 5.99. The molecule has 0 spiro atoms. The minimum atomic E-state index is -0.480. The Bertz CT molecular complexity index is 426. The zero-order valence-electron chi connectivity index (χ0n) is 8.70. The lowest BCUT2D eigenvalue weighted by atomic mass is 10.2. The van der Waals surface area contributed by atoms with E-state index >= 15 is 0 Å². The lowest BCUT2D eigenvalue weighted by molar-refractivity contribution is -0.145. The molecular formula is C11H10ClNO3. The summed E-state index contributed by atoms with van der Waals surface area (Å²) in [5.41, 5.74) is 0.216. The summed E-state index contributed by atoms with van der Waals surface area (Å²) in [5.74, 6) is -0.200. The molecule has 0 saturated heterocycles. The normalized spacial score (nSPS) is 9.31. The van der Waals surface area contributed by atoms with Gasteiger partial charge in [0.1, 0.15) is 17.4 Å². The van der Waals surface area contributed by atoms with Crippen LogP contribution in [-0.2, 0) is 9.53 Å². The van der Waals surface area contributed by atoms with E-state index in [1.165, 1.54) is 0 Å². The molecule has 1 aromatic rings. The van der Waals surface area contributed by atoms with E-state index in [1.54, 1.807) is 25.1 Å². The van der Waals surface area contributed by atoms with Crippen LogP contribution < -0.4 is 4.74 Å². The van der Waals surface area contributed by atoms with E-state index in [0.29, 0.717) is 11.6 Å². The Kier molecular flexibility index (Phi) is 4.62. The summed E-state index contributed by atoms with van der Waals surface area (Å²) in [5, 5.41) is 9.13. The van der Waals surface area contributed by atoms with E-state index in [0.717, 1.165) is 0 Å². The van der Waals surface area contributed by atoms with Gasteiger partial charge in [-0.1, -0.05) is 17.7 Å². The van der Waals surface area contributed by atoms with Gasteiger partial charge in [0.05, 0.1) is 11.6 Å². The van der Waals surface area contributed by atoms with Crippen LogP contribution in [-0.4, -0.2) is 19.2 Å². The van der Waals surface area contributed by atoms with Crippen LogP contribution in [0.5, 0.6) is 5.75 Å². The lowest BCUT2D eigenvalue weighted by Gasteiger charge is -2.07. The summed E-state index contributed by atoms with van der Waals surface area (Å²) >= 11 is 5.79. The van der Waals surface area contributed by atoms with Crippen LogP contribution in [0.2, 0.25) is 5.02 Å². The van der Waals surface area contributed by atoms with Gasteiger partial charge in [-0.3, -0.25) is 0 Å². The maximum absolute atomic E-state index is 11.0. The third-order valence-electron chi connectivity index (χ3n) is 1.74. The molecule has 0 N–H and O–H groups in total. The maximum Gasteiger partial charge on any atom is 0.344 e. The van der Waals surface area contributed by atoms with Gasteiger partial charge < -0.3 is 9.47 Å². The summed E-state index contributed by atoms with van der Waals surface area (Å²) < 4.78 is 9.83. The zero-order valence-corrected chi connectivity index (χ0v) is 9.45. The number of nitriles is 1. The topological polar surface area (TPSA) is 59.3 Å². The Morgan fingerprint density at radius 1 is 1.56 bits per heavy atom. The minimum absolute atomic E-state index is 0.216. The molecule has 1 aromatic carbocycles. The van der Waals surface area contributed by atoms with Gasteiger partial charge in [-0.15, -0.1) is 0 Å². The van der Waals surface area contributed by atoms with Crippen molar-refractivity contribution in [1.82, 2.24) is 0 Å². The molecule has 0 radical (unpaired) electrons. The van der Waals surface area contributed by atoms with Gasteiger partial charge in [0.15, 0.2) is 6.61 Å². The molecule has 0 atom stereocenters. The van der Waals surface area contributed by atoms with Crippen LogP contribution in [0.25, 0.3) is 0 Å². The Balaban J connectivity index is 2.71. The number of hydrogen-bond donors (Lipinski definition) is 0. The molecule has 84 valence electrons. The number of rotatable bonds is 4. The predicted molar refractivity (Wildman–Crippen MR) is 58.3 cm³/mol. The highest BCUT2D eigenvalue weighted by molar-refractivity contribution is 6.31. The second-order valence-corrected chi connectivity index (χ2v) is 3.23. The average Bonchev–Trinajstić information content (AvgIpc) is 2.27. The fourth-order valence-corrected chi connectivity index (χ4v) is 1.28. The van der Waals surface area contributed by atoms with Crippen molar-refractivity contribution in [3.05, 3.63) is 28.8 Å². The summed E-state index contributed by atoms with van der Waals surface area (Å²) in [6, 6.07) is 6.71. The number of halogens is 1. The van der Waals surface area contributed by atoms with E-state index in [4.69, 9.17) is 21.6 Å². The molecule has 0 amide bonds. The molecule has 0 heterocycles. The first-order chi connectivity index (χ1) is 7.69. The second-order valence-electron chi connectivity index (χ2n) is 2.82. The van der Waals surface area contributed by atoms with E-state index < -0.39 is 5.97 Å². The van der Waals surface area contributed by atoms with Gasteiger partial charge in [-0.25, -0.2) is 4.79 Å². The highest BCUT2D eigenvalue weighted by Gasteiger charge is 2.09. The highest BCUT2D eigenvalue weighted by Crippen LogP contribution is 2.25. The van der Waals surface area contributed by atoms with Crippen LogP contribution in [0.15, 0.2) is 18.2 Å². The minimum Gasteiger partial charge on any atom is -0.480 e. The molecule has 5 heteroatoms. The van der Waals surface area contributed by atoms with Crippen LogP contribution in [0.1, 0.15) is 12.5 Å². The van der Waals surface area contributed by atoms with Gasteiger partial charge >= 0.3 is 5.97 Å². The fourth-order valence-electron chi connectivity index (χ4n) is 1.07. The molecule has 0 unspecified atom stereocenters. The molecule has 0 bridgehead atoms. The monoisotopic (exact) mass is 239 g/mol. The number of benzene rings is 1. The molecule has 1 rings (SSSR count). The summed E-state index contributed by atoms with van der Waals surface area (Å²) in [4.78, 5) is 11.0. The lowest BCUT2D eigenvalue weighted by Crippen LogP contribution is -2.15. The zero-order chi connectivity index (χ0) is 12.0. The van der Waals surface area contributed by atoms with E-state index in [1.807, 2.05) is 6.07 Å². The van der Waals surface area contributed by atoms with E-state index in [-0.39, 0.29) is 17.9 Å². The molecule has 0 aliphatic rings. The smallest absolute Gasteiger partial charge is 0.344 e. The standard InChI is InChI=1S/C11H10ClNO3/c1-2-15-11(14)7-16-10-5-3-4-9(12)8(10)6-13/h3-5H,2,7H2,1H3. The van der Waals surface area contributed by atoms with Gasteiger partial charge in [-0.05, 0) is 19.1 Å². The third kappa shape index (κ3) is 3.14. The van der Waals surface area contributed by atoms with Crippen LogP contribution in [0.3, 0.4) is 0 Å². The van der Waals surface area contributed by atoms with Gasteiger partial charge in [-0.2, -0.15) is 5.26 Å². The molecular weight excluding hydrogens is 230 g/mol. The first-order valence-electron chi connectivity index (χ1n) is 4.66. The van der Waals surface area contributed by atoms with Crippen molar-refractivity contribution in [3.8, 4) is 11.8 Å². The molecule has 4 nitrogen and oxygen atoms in total. The van der Waals surface area contributed by atoms with Crippen molar-refractivity contribution in [1.29, 1.82) is 5.26 Å². The molecule has 0 aromatic heterocycles. The van der Waals surface area contributed by atoms with E-state index in [9.17, 15) is 4.79 Å². The molecule has 0 aliphatic heterocycles. The van der Waals surface area contributed by atoms with Gasteiger partial charge in [0, 0.05) is 0 Å². The predicted octanol–water partition coefficient (Wildman–Crippen LogP) is 2.15. The SMILES string of the molecule is CCOC(=O)COc1cccc(Cl)c1C#N. The number of nitrogens with zero attached hydrogens (tertiary/aromatic N) is 1. The largest absolute Gasteiger partial charge is 0.480 e. The summed E-state index contributed by atoms with van der Waals surface area (Å²) in [7, 11) is 0. The molecule has 0 fully saturated rings. The number of esters is 1. The number of carbonyl (C=O) groups is 1. The van der Waals surface area contributed by atoms with Crippen molar-refractivity contribution in [3.63, 3.8) is 0 Å². The third-order valence-corrected chi connectivity index (χ3v) is 2.05. The fraction of sp³-hybridized carbons (Fsp3) is 0.273. The number of ether oxygens (including phenoxy) is 2. The first-order valence-corrected chi connectivity index (χ1v) is 5.03. The van der Waals surface area contributed by atoms with Crippen LogP contribution >= 0.6 is 11.6 Å². The van der Waals surface area contributed by atoms with Gasteiger partial charge in [0.25, 0.3) is 0 Å². The Labute approximate surface area is 98.3 Å². The summed E-state index contributed by atoms with van der Waals surface area (Å²) in [6.07, 6.45) is 0. The van der Waals surface area contributed by atoms with Crippen molar-refractivity contribution in [2.75, 3.05) is 13.2 Å². The average molecular weight is 240 g/mol. The maximum atomic E-state index is 11.0. The van der Waals surface area contributed by atoms with Crippen LogP contribution in [0, 0.1) is 11.3 Å². The quantitative estimate of drug-likeness (QED) is 0.756. The van der Waals surface area contributed by atoms with Crippen molar-refractivity contribution < 1.29 is 14.3 Å². The molecule has 16 heavy (non-hydrogen) atoms. The van der Waals surface area contributed by atoms with Gasteiger partial charge in [0.2, 0.25) is 0 Å². The molecule has 0 aliphatic carbocycles. The van der Waals surface area contributed by atoms with E-state index in [2.05, 4.69) is 4.74 Å². The Hall–Kier alpha value is -1.73. The van der Waals surface area contributed by atoms with Crippen LogP contribution in [0.4, 0.5) is 0 Å².